The first-order valence-electron chi connectivity index (χ1n) is 17.9. The minimum absolute atomic E-state index is 0.0809. The highest BCUT2D eigenvalue weighted by atomic mass is 32.1. The fourth-order valence-electron chi connectivity index (χ4n) is 8.63. The third kappa shape index (κ3) is 4.40. The molecule has 0 amide bonds. The lowest BCUT2D eigenvalue weighted by Crippen LogP contribution is -2.16. The van der Waals surface area contributed by atoms with Gasteiger partial charge in [0.1, 0.15) is 0 Å². The molecule has 1 aliphatic carbocycles. The van der Waals surface area contributed by atoms with Gasteiger partial charge in [0.2, 0.25) is 0 Å². The normalized spacial score (nSPS) is 13.3. The summed E-state index contributed by atoms with van der Waals surface area (Å²) in [4.78, 5) is 2.44. The van der Waals surface area contributed by atoms with Crippen molar-refractivity contribution in [2.45, 2.75) is 19.3 Å². The van der Waals surface area contributed by atoms with E-state index in [0.717, 1.165) is 11.4 Å². The van der Waals surface area contributed by atoms with E-state index in [1.165, 1.54) is 90.2 Å². The summed E-state index contributed by atoms with van der Waals surface area (Å²) in [6.07, 6.45) is 0. The van der Waals surface area contributed by atoms with Crippen LogP contribution in [0.1, 0.15) is 25.0 Å². The Bertz CT molecular complexity index is 3050. The molecular formula is C49H33NS2. The molecule has 0 fully saturated rings. The van der Waals surface area contributed by atoms with Crippen LogP contribution in [0.5, 0.6) is 0 Å². The number of hydrogen-bond acceptors (Lipinski definition) is 3. The Morgan fingerprint density at radius 1 is 0.404 bits per heavy atom. The maximum atomic E-state index is 2.44. The van der Waals surface area contributed by atoms with Crippen molar-refractivity contribution in [3.05, 3.63) is 175 Å². The van der Waals surface area contributed by atoms with Gasteiger partial charge in [0, 0.05) is 62.8 Å². The van der Waals surface area contributed by atoms with E-state index >= 15 is 0 Å². The molecule has 1 aliphatic rings. The summed E-state index contributed by atoms with van der Waals surface area (Å²) in [6.45, 7) is 4.72. The number of hydrogen-bond donors (Lipinski definition) is 0. The van der Waals surface area contributed by atoms with Crippen molar-refractivity contribution in [1.82, 2.24) is 0 Å². The second-order valence-electron chi connectivity index (χ2n) is 14.5. The molecule has 1 nitrogen and oxygen atoms in total. The van der Waals surface area contributed by atoms with E-state index in [9.17, 15) is 0 Å². The molecule has 0 saturated heterocycles. The summed E-state index contributed by atoms with van der Waals surface area (Å²) >= 11 is 3.76. The summed E-state index contributed by atoms with van der Waals surface area (Å²) in [5.41, 5.74) is 11.3. The van der Waals surface area contributed by atoms with Gasteiger partial charge in [0.25, 0.3) is 0 Å². The first kappa shape index (κ1) is 29.9. The van der Waals surface area contributed by atoms with Gasteiger partial charge in [0.15, 0.2) is 0 Å². The van der Waals surface area contributed by atoms with Crippen LogP contribution in [0.3, 0.4) is 0 Å². The van der Waals surface area contributed by atoms with Crippen molar-refractivity contribution < 1.29 is 0 Å². The Labute approximate surface area is 310 Å². The molecule has 2 aromatic heterocycles. The van der Waals surface area contributed by atoms with Crippen LogP contribution in [-0.2, 0) is 5.41 Å². The smallest absolute Gasteiger partial charge is 0.0468 e. The van der Waals surface area contributed by atoms with E-state index < -0.39 is 0 Å². The van der Waals surface area contributed by atoms with Gasteiger partial charge < -0.3 is 4.90 Å². The van der Waals surface area contributed by atoms with Crippen molar-refractivity contribution >= 4 is 90.9 Å². The van der Waals surface area contributed by atoms with E-state index in [4.69, 9.17) is 0 Å². The fourth-order valence-corrected chi connectivity index (χ4v) is 11.0. The maximum Gasteiger partial charge on any atom is 0.0468 e. The van der Waals surface area contributed by atoms with Crippen LogP contribution in [0, 0.1) is 0 Å². The fraction of sp³-hybridized carbons (Fsp3) is 0.0612. The molecule has 0 spiro atoms. The molecule has 2 heterocycles. The average molecular weight is 700 g/mol. The van der Waals surface area contributed by atoms with E-state index in [1.54, 1.807) is 0 Å². The standard InChI is InChI=1S/C49H33NS2/c1-49(2)43-12-6-3-9-37(43)38-25-21-35(29-44(38)49)50(34-22-26-47-42(28-34)40-11-5-7-13-45(40)51-47)33-19-15-30(16-20-33)31-17-23-36-32(27-31)18-24-41-39-10-4-8-14-46(39)52-48(36)41/h3-29H,1-2H3. The van der Waals surface area contributed by atoms with Crippen LogP contribution in [0.25, 0.3) is 73.4 Å². The predicted octanol–water partition coefficient (Wildman–Crippen LogP) is 15.0. The minimum Gasteiger partial charge on any atom is -0.310 e. The van der Waals surface area contributed by atoms with Crippen molar-refractivity contribution in [2.75, 3.05) is 4.90 Å². The zero-order valence-corrected chi connectivity index (χ0v) is 30.5. The van der Waals surface area contributed by atoms with Gasteiger partial charge in [-0.15, -0.1) is 22.7 Å². The molecule has 0 unspecified atom stereocenters. The molecule has 0 atom stereocenters. The van der Waals surface area contributed by atoms with Crippen LogP contribution in [0.2, 0.25) is 0 Å². The Kier molecular flexibility index (Phi) is 6.41. The molecule has 0 aliphatic heterocycles. The van der Waals surface area contributed by atoms with Crippen LogP contribution in [0.15, 0.2) is 164 Å². The highest BCUT2D eigenvalue weighted by Crippen LogP contribution is 2.51. The largest absolute Gasteiger partial charge is 0.310 e. The Balaban J connectivity index is 1.04. The van der Waals surface area contributed by atoms with Crippen LogP contribution >= 0.6 is 22.7 Å². The molecule has 3 heteroatoms. The highest BCUT2D eigenvalue weighted by Gasteiger charge is 2.35. The van der Waals surface area contributed by atoms with Gasteiger partial charge >= 0.3 is 0 Å². The number of anilines is 3. The first-order chi connectivity index (χ1) is 25.5. The molecular weight excluding hydrogens is 667 g/mol. The van der Waals surface area contributed by atoms with Crippen molar-refractivity contribution in [3.63, 3.8) is 0 Å². The topological polar surface area (TPSA) is 3.24 Å². The maximum absolute atomic E-state index is 2.44. The second kappa shape index (κ2) is 11.1. The molecule has 246 valence electrons. The summed E-state index contributed by atoms with van der Waals surface area (Å²) in [6, 6.07) is 61.1. The molecule has 0 N–H and O–H groups in total. The van der Waals surface area contributed by atoms with Gasteiger partial charge in [-0.05, 0) is 105 Å². The summed E-state index contributed by atoms with van der Waals surface area (Å²) in [5, 5.41) is 7.91. The Morgan fingerprint density at radius 2 is 1.02 bits per heavy atom. The summed E-state index contributed by atoms with van der Waals surface area (Å²) < 4.78 is 5.35. The number of nitrogens with zero attached hydrogens (tertiary/aromatic N) is 1. The van der Waals surface area contributed by atoms with E-state index in [1.807, 2.05) is 22.7 Å². The van der Waals surface area contributed by atoms with Gasteiger partial charge in [0.05, 0.1) is 0 Å². The lowest BCUT2D eigenvalue weighted by molar-refractivity contribution is 0.660. The number of fused-ring (bicyclic) bond motifs is 11. The van der Waals surface area contributed by atoms with Gasteiger partial charge in [-0.1, -0.05) is 117 Å². The van der Waals surface area contributed by atoms with Gasteiger partial charge in [-0.3, -0.25) is 0 Å². The Hall–Kier alpha value is -5.74. The molecule has 0 saturated carbocycles. The summed E-state index contributed by atoms with van der Waals surface area (Å²) in [7, 11) is 0. The quantitative estimate of drug-likeness (QED) is 0.177. The van der Waals surface area contributed by atoms with Gasteiger partial charge in [-0.2, -0.15) is 0 Å². The third-order valence-corrected chi connectivity index (χ3v) is 13.6. The van der Waals surface area contributed by atoms with Crippen molar-refractivity contribution in [1.29, 1.82) is 0 Å². The van der Waals surface area contributed by atoms with Crippen LogP contribution in [-0.4, -0.2) is 0 Å². The number of rotatable bonds is 4. The first-order valence-corrected chi connectivity index (χ1v) is 19.5. The highest BCUT2D eigenvalue weighted by molar-refractivity contribution is 7.26. The number of thiophene rings is 2. The summed E-state index contributed by atoms with van der Waals surface area (Å²) in [5.74, 6) is 0. The SMILES string of the molecule is CC1(C)c2ccccc2-c2ccc(N(c3ccc(-c4ccc5c(ccc6c7ccccc7sc56)c4)cc3)c3ccc4sc5ccccc5c4c3)cc21. The molecule has 0 radical (unpaired) electrons. The second-order valence-corrected chi connectivity index (χ2v) is 16.7. The average Bonchev–Trinajstić information content (AvgIpc) is 3.83. The molecule has 11 rings (SSSR count). The Morgan fingerprint density at radius 3 is 1.87 bits per heavy atom. The predicted molar refractivity (Wildman–Crippen MR) is 227 cm³/mol. The zero-order valence-electron chi connectivity index (χ0n) is 28.9. The zero-order chi connectivity index (χ0) is 34.6. The number of benzene rings is 8. The van der Waals surface area contributed by atoms with E-state index in [0.29, 0.717) is 0 Å². The molecule has 0 bridgehead atoms. The van der Waals surface area contributed by atoms with E-state index in [-0.39, 0.29) is 5.41 Å². The van der Waals surface area contributed by atoms with Gasteiger partial charge in [-0.25, -0.2) is 0 Å². The van der Waals surface area contributed by atoms with Crippen LogP contribution in [0.4, 0.5) is 17.1 Å². The lowest BCUT2D eigenvalue weighted by Gasteiger charge is -2.28. The molecule has 52 heavy (non-hydrogen) atoms. The van der Waals surface area contributed by atoms with Crippen LogP contribution < -0.4 is 4.90 Å². The van der Waals surface area contributed by atoms with Crippen molar-refractivity contribution in [3.8, 4) is 22.3 Å². The monoisotopic (exact) mass is 699 g/mol. The minimum atomic E-state index is -0.0809. The molecule has 8 aromatic carbocycles. The van der Waals surface area contributed by atoms with E-state index in [2.05, 4.69) is 183 Å². The van der Waals surface area contributed by atoms with Crippen molar-refractivity contribution in [2.24, 2.45) is 0 Å². The molecule has 10 aromatic rings. The third-order valence-electron chi connectivity index (χ3n) is 11.3. The lowest BCUT2D eigenvalue weighted by atomic mass is 9.82.